The fraction of sp³-hybridized carbons (Fsp3) is 0.462. The van der Waals surface area contributed by atoms with Crippen molar-refractivity contribution in [1.82, 2.24) is 10.0 Å². The first-order valence-corrected chi connectivity index (χ1v) is 7.93. The van der Waals surface area contributed by atoms with Crippen LogP contribution in [-0.2, 0) is 20.6 Å². The smallest absolute Gasteiger partial charge is 0.235 e. The van der Waals surface area contributed by atoms with E-state index in [4.69, 9.17) is 0 Å². The Balaban J connectivity index is 2.50. The van der Waals surface area contributed by atoms with Gasteiger partial charge in [-0.25, -0.2) is 17.5 Å². The Morgan fingerprint density at radius 2 is 1.95 bits per heavy atom. The van der Waals surface area contributed by atoms with Gasteiger partial charge in [0.25, 0.3) is 0 Å². The average molecular weight is 302 g/mol. The standard InChI is InChI=1S/C13H19FN2O3S/c1-10(2)7-15-13(17)8-16-20(18,19)9-11-5-3-4-6-12(11)14/h3-6,10,16H,7-9H2,1-2H3,(H,15,17). The summed E-state index contributed by atoms with van der Waals surface area (Å²) in [5, 5.41) is 2.59. The highest BCUT2D eigenvalue weighted by molar-refractivity contribution is 7.88. The summed E-state index contributed by atoms with van der Waals surface area (Å²) >= 11 is 0. The molecular formula is C13H19FN2O3S. The number of carbonyl (C=O) groups is 1. The first-order chi connectivity index (χ1) is 9.30. The van der Waals surface area contributed by atoms with Crippen molar-refractivity contribution in [3.05, 3.63) is 35.6 Å². The number of halogens is 1. The van der Waals surface area contributed by atoms with E-state index in [1.54, 1.807) is 6.07 Å². The van der Waals surface area contributed by atoms with E-state index in [2.05, 4.69) is 10.0 Å². The summed E-state index contributed by atoms with van der Waals surface area (Å²) in [5.74, 6) is -1.19. The third-order valence-corrected chi connectivity index (χ3v) is 3.74. The maximum atomic E-state index is 13.4. The van der Waals surface area contributed by atoms with Crippen LogP contribution < -0.4 is 10.0 Å². The van der Waals surface area contributed by atoms with Gasteiger partial charge < -0.3 is 5.32 Å². The predicted octanol–water partition coefficient (Wildman–Crippen LogP) is 1.02. The number of nitrogens with one attached hydrogen (secondary N) is 2. The maximum Gasteiger partial charge on any atom is 0.235 e. The predicted molar refractivity (Wildman–Crippen MR) is 74.9 cm³/mol. The van der Waals surface area contributed by atoms with Crippen molar-refractivity contribution in [2.24, 2.45) is 5.92 Å². The fourth-order valence-electron chi connectivity index (χ4n) is 1.43. The van der Waals surface area contributed by atoms with Gasteiger partial charge in [0.1, 0.15) is 5.82 Å². The third kappa shape index (κ3) is 6.12. The number of carbonyl (C=O) groups excluding carboxylic acids is 1. The molecule has 7 heteroatoms. The van der Waals surface area contributed by atoms with Crippen LogP contribution in [0.5, 0.6) is 0 Å². The molecule has 0 spiro atoms. The molecule has 0 aliphatic heterocycles. The fourth-order valence-corrected chi connectivity index (χ4v) is 2.52. The van der Waals surface area contributed by atoms with Gasteiger partial charge in [-0.3, -0.25) is 4.79 Å². The van der Waals surface area contributed by atoms with Gasteiger partial charge in [-0.2, -0.15) is 0 Å². The van der Waals surface area contributed by atoms with Gasteiger partial charge in [0.2, 0.25) is 15.9 Å². The lowest BCUT2D eigenvalue weighted by Gasteiger charge is -2.09. The molecule has 0 fully saturated rings. The normalized spacial score (nSPS) is 11.6. The summed E-state index contributed by atoms with van der Waals surface area (Å²) < 4.78 is 39.0. The van der Waals surface area contributed by atoms with E-state index in [0.717, 1.165) is 0 Å². The van der Waals surface area contributed by atoms with Crippen LogP contribution in [-0.4, -0.2) is 27.4 Å². The largest absolute Gasteiger partial charge is 0.355 e. The molecule has 112 valence electrons. The zero-order valence-corrected chi connectivity index (χ0v) is 12.3. The molecule has 0 radical (unpaired) electrons. The highest BCUT2D eigenvalue weighted by atomic mass is 32.2. The van der Waals surface area contributed by atoms with Crippen molar-refractivity contribution in [1.29, 1.82) is 0 Å². The molecule has 0 heterocycles. The quantitative estimate of drug-likeness (QED) is 0.789. The second kappa shape index (κ2) is 7.35. The van der Waals surface area contributed by atoms with Gasteiger partial charge >= 0.3 is 0 Å². The van der Waals surface area contributed by atoms with E-state index < -0.39 is 27.5 Å². The van der Waals surface area contributed by atoms with Gasteiger partial charge in [0, 0.05) is 12.1 Å². The Bertz CT molecular complexity index is 558. The molecule has 0 aromatic heterocycles. The highest BCUT2D eigenvalue weighted by Crippen LogP contribution is 2.09. The number of hydrogen-bond donors (Lipinski definition) is 2. The molecule has 0 saturated heterocycles. The van der Waals surface area contributed by atoms with Crippen molar-refractivity contribution in [2.45, 2.75) is 19.6 Å². The molecule has 0 aliphatic carbocycles. The van der Waals surface area contributed by atoms with Gasteiger partial charge in [-0.1, -0.05) is 32.0 Å². The van der Waals surface area contributed by atoms with Gasteiger partial charge in [0.15, 0.2) is 0 Å². The highest BCUT2D eigenvalue weighted by Gasteiger charge is 2.15. The Kier molecular flexibility index (Phi) is 6.09. The second-order valence-corrected chi connectivity index (χ2v) is 6.68. The van der Waals surface area contributed by atoms with Crippen LogP contribution in [0.25, 0.3) is 0 Å². The second-order valence-electron chi connectivity index (χ2n) is 4.87. The minimum atomic E-state index is -3.74. The van der Waals surface area contributed by atoms with E-state index in [9.17, 15) is 17.6 Å². The molecule has 20 heavy (non-hydrogen) atoms. The molecule has 0 aliphatic rings. The lowest BCUT2D eigenvalue weighted by molar-refractivity contribution is -0.120. The minimum absolute atomic E-state index is 0.0718. The van der Waals surface area contributed by atoms with Crippen LogP contribution in [0.2, 0.25) is 0 Å². The van der Waals surface area contributed by atoms with Crippen LogP contribution in [0.3, 0.4) is 0 Å². The molecule has 0 bridgehead atoms. The summed E-state index contributed by atoms with van der Waals surface area (Å²) in [5.41, 5.74) is 0.0718. The summed E-state index contributed by atoms with van der Waals surface area (Å²) in [6.07, 6.45) is 0. The number of hydrogen-bond acceptors (Lipinski definition) is 3. The molecule has 2 N–H and O–H groups in total. The van der Waals surface area contributed by atoms with Crippen LogP contribution >= 0.6 is 0 Å². The van der Waals surface area contributed by atoms with E-state index >= 15 is 0 Å². The zero-order chi connectivity index (χ0) is 15.2. The van der Waals surface area contributed by atoms with E-state index in [0.29, 0.717) is 6.54 Å². The molecule has 0 saturated carbocycles. The van der Waals surface area contributed by atoms with Gasteiger partial charge in [-0.05, 0) is 12.0 Å². The average Bonchev–Trinajstić information content (AvgIpc) is 2.36. The summed E-state index contributed by atoms with van der Waals surface area (Å²) in [7, 11) is -3.74. The number of benzene rings is 1. The first kappa shape index (κ1) is 16.6. The van der Waals surface area contributed by atoms with Gasteiger partial charge in [0.05, 0.1) is 12.3 Å². The lowest BCUT2D eigenvalue weighted by atomic mass is 10.2. The topological polar surface area (TPSA) is 75.3 Å². The summed E-state index contributed by atoms with van der Waals surface area (Å²) in [4.78, 5) is 11.4. The Labute approximate surface area is 118 Å². The molecular weight excluding hydrogens is 283 g/mol. The third-order valence-electron chi connectivity index (χ3n) is 2.46. The van der Waals surface area contributed by atoms with Crippen molar-refractivity contribution < 1.29 is 17.6 Å². The maximum absolute atomic E-state index is 13.4. The molecule has 0 unspecified atom stereocenters. The minimum Gasteiger partial charge on any atom is -0.355 e. The number of sulfonamides is 1. The van der Waals surface area contributed by atoms with Crippen molar-refractivity contribution in [2.75, 3.05) is 13.1 Å². The first-order valence-electron chi connectivity index (χ1n) is 6.27. The molecule has 5 nitrogen and oxygen atoms in total. The monoisotopic (exact) mass is 302 g/mol. The molecule has 1 rings (SSSR count). The SMILES string of the molecule is CC(C)CNC(=O)CNS(=O)(=O)Cc1ccccc1F. The van der Waals surface area contributed by atoms with Gasteiger partial charge in [-0.15, -0.1) is 0 Å². The van der Waals surface area contributed by atoms with Crippen molar-refractivity contribution in [3.63, 3.8) is 0 Å². The van der Waals surface area contributed by atoms with Crippen molar-refractivity contribution >= 4 is 15.9 Å². The Morgan fingerprint density at radius 3 is 2.55 bits per heavy atom. The van der Waals surface area contributed by atoms with E-state index in [-0.39, 0.29) is 18.0 Å². The van der Waals surface area contributed by atoms with Crippen LogP contribution in [0.1, 0.15) is 19.4 Å². The van der Waals surface area contributed by atoms with Crippen LogP contribution in [0, 0.1) is 11.7 Å². The molecule has 1 amide bonds. The van der Waals surface area contributed by atoms with Crippen LogP contribution in [0.15, 0.2) is 24.3 Å². The summed E-state index contributed by atoms with van der Waals surface area (Å²) in [6, 6.07) is 5.63. The summed E-state index contributed by atoms with van der Waals surface area (Å²) in [6.45, 7) is 4.00. The molecule has 0 atom stereocenters. The number of amides is 1. The van der Waals surface area contributed by atoms with Crippen molar-refractivity contribution in [3.8, 4) is 0 Å². The van der Waals surface area contributed by atoms with E-state index in [1.165, 1.54) is 18.2 Å². The zero-order valence-electron chi connectivity index (χ0n) is 11.5. The number of rotatable bonds is 7. The van der Waals surface area contributed by atoms with E-state index in [1.807, 2.05) is 13.8 Å². The molecule has 1 aromatic carbocycles. The van der Waals surface area contributed by atoms with Crippen LogP contribution in [0.4, 0.5) is 4.39 Å². The molecule has 1 aromatic rings. The Hall–Kier alpha value is -1.47. The Morgan fingerprint density at radius 1 is 1.30 bits per heavy atom. The lowest BCUT2D eigenvalue weighted by Crippen LogP contribution is -2.38.